The molecule has 17 heavy (non-hydrogen) atoms. The van der Waals surface area contributed by atoms with Crippen molar-refractivity contribution in [1.29, 1.82) is 0 Å². The van der Waals surface area contributed by atoms with E-state index >= 15 is 0 Å². The van der Waals surface area contributed by atoms with E-state index in [-0.39, 0.29) is 5.97 Å². The fourth-order valence-corrected chi connectivity index (χ4v) is 1.41. The minimum atomic E-state index is -0.355. The van der Waals surface area contributed by atoms with Gasteiger partial charge in [-0.25, -0.2) is 4.79 Å². The van der Waals surface area contributed by atoms with Crippen molar-refractivity contribution in [1.82, 2.24) is 0 Å². The van der Waals surface area contributed by atoms with E-state index in [4.69, 9.17) is 4.74 Å². The molecule has 0 N–H and O–H groups in total. The molecule has 2 rings (SSSR count). The normalized spacial score (nSPS) is 9.65. The first-order valence-electron chi connectivity index (χ1n) is 5.29. The first-order valence-corrected chi connectivity index (χ1v) is 5.29. The number of carbonyl (C=O) groups excluding carboxylic acids is 1. The van der Waals surface area contributed by atoms with Gasteiger partial charge in [0.1, 0.15) is 5.75 Å². The first kappa shape index (κ1) is 11.1. The van der Waals surface area contributed by atoms with Gasteiger partial charge < -0.3 is 4.74 Å². The average molecular weight is 224 g/mol. The maximum absolute atomic E-state index is 11.8. The molecule has 0 aliphatic carbocycles. The maximum atomic E-state index is 11.8. The lowest BCUT2D eigenvalue weighted by Crippen LogP contribution is -2.08. The largest absolute Gasteiger partial charge is 0.423 e. The molecule has 0 fully saturated rings. The molecule has 2 heteroatoms. The number of para-hydroxylation sites is 1. The van der Waals surface area contributed by atoms with Gasteiger partial charge in [0.25, 0.3) is 0 Å². The highest BCUT2D eigenvalue weighted by Gasteiger charge is 2.07. The van der Waals surface area contributed by atoms with Crippen LogP contribution in [0.1, 0.15) is 15.9 Å². The van der Waals surface area contributed by atoms with E-state index in [1.54, 1.807) is 30.3 Å². The third kappa shape index (κ3) is 2.82. The monoisotopic (exact) mass is 224 g/mol. The molecule has 0 spiro atoms. The number of hydrogen-bond donors (Lipinski definition) is 0. The third-order valence-electron chi connectivity index (χ3n) is 2.34. The quantitative estimate of drug-likeness (QED) is 0.588. The Morgan fingerprint density at radius 1 is 1.00 bits per heavy atom. The van der Waals surface area contributed by atoms with Crippen molar-refractivity contribution in [3.05, 3.63) is 72.3 Å². The molecule has 0 aliphatic rings. The SMILES string of the molecule is C=Cc1ccc(C(=O)Oc2ccccc2)cc1. The summed E-state index contributed by atoms with van der Waals surface area (Å²) >= 11 is 0. The van der Waals surface area contributed by atoms with Crippen LogP contribution in [0, 0.1) is 0 Å². The van der Waals surface area contributed by atoms with E-state index in [9.17, 15) is 4.79 Å². The Morgan fingerprint density at radius 3 is 2.24 bits per heavy atom. The number of esters is 1. The van der Waals surface area contributed by atoms with Crippen LogP contribution in [0.2, 0.25) is 0 Å². The van der Waals surface area contributed by atoms with Gasteiger partial charge in [0.2, 0.25) is 0 Å². The highest BCUT2D eigenvalue weighted by atomic mass is 16.5. The number of rotatable bonds is 3. The lowest BCUT2D eigenvalue weighted by atomic mass is 10.1. The fraction of sp³-hybridized carbons (Fsp3) is 0. The lowest BCUT2D eigenvalue weighted by Gasteiger charge is -2.04. The van der Waals surface area contributed by atoms with Gasteiger partial charge in [0.15, 0.2) is 0 Å². The Hall–Kier alpha value is -2.35. The van der Waals surface area contributed by atoms with Crippen molar-refractivity contribution >= 4 is 12.0 Å². The summed E-state index contributed by atoms with van der Waals surface area (Å²) in [4.78, 5) is 11.8. The predicted octanol–water partition coefficient (Wildman–Crippen LogP) is 3.55. The topological polar surface area (TPSA) is 26.3 Å². The van der Waals surface area contributed by atoms with Crippen LogP contribution in [0.5, 0.6) is 5.75 Å². The molecule has 0 atom stereocenters. The van der Waals surface area contributed by atoms with Gasteiger partial charge in [0.05, 0.1) is 5.56 Å². The maximum Gasteiger partial charge on any atom is 0.343 e. The van der Waals surface area contributed by atoms with Crippen LogP contribution in [0.3, 0.4) is 0 Å². The van der Waals surface area contributed by atoms with E-state index in [1.165, 1.54) is 0 Å². The molecule has 2 aromatic carbocycles. The number of ether oxygens (including phenoxy) is 1. The van der Waals surface area contributed by atoms with Crippen LogP contribution in [-0.2, 0) is 0 Å². The summed E-state index contributed by atoms with van der Waals surface area (Å²) in [6, 6.07) is 16.1. The van der Waals surface area contributed by atoms with Gasteiger partial charge in [-0.3, -0.25) is 0 Å². The Morgan fingerprint density at radius 2 is 1.65 bits per heavy atom. The summed E-state index contributed by atoms with van der Waals surface area (Å²) in [5.41, 5.74) is 1.50. The zero-order valence-electron chi connectivity index (χ0n) is 9.30. The zero-order chi connectivity index (χ0) is 12.1. The van der Waals surface area contributed by atoms with Crippen LogP contribution in [-0.4, -0.2) is 5.97 Å². The third-order valence-corrected chi connectivity index (χ3v) is 2.34. The molecular weight excluding hydrogens is 212 g/mol. The van der Waals surface area contributed by atoms with Crippen LogP contribution in [0.15, 0.2) is 61.2 Å². The molecule has 0 saturated carbocycles. The molecule has 0 amide bonds. The second-order valence-electron chi connectivity index (χ2n) is 3.53. The Labute approximate surface area is 100 Å². The highest BCUT2D eigenvalue weighted by molar-refractivity contribution is 5.91. The number of carbonyl (C=O) groups is 1. The lowest BCUT2D eigenvalue weighted by molar-refractivity contribution is 0.0735. The van der Waals surface area contributed by atoms with Crippen molar-refractivity contribution in [2.45, 2.75) is 0 Å². The number of benzene rings is 2. The highest BCUT2D eigenvalue weighted by Crippen LogP contribution is 2.12. The van der Waals surface area contributed by atoms with E-state index in [0.717, 1.165) is 5.56 Å². The summed E-state index contributed by atoms with van der Waals surface area (Å²) in [6.07, 6.45) is 1.73. The van der Waals surface area contributed by atoms with Gasteiger partial charge in [-0.1, -0.05) is 43.0 Å². The van der Waals surface area contributed by atoms with Gasteiger partial charge in [-0.05, 0) is 29.8 Å². The molecule has 0 aliphatic heterocycles. The molecular formula is C15H12O2. The van der Waals surface area contributed by atoms with Gasteiger partial charge in [-0.15, -0.1) is 0 Å². The molecule has 2 nitrogen and oxygen atoms in total. The zero-order valence-corrected chi connectivity index (χ0v) is 9.30. The molecule has 0 bridgehead atoms. The molecule has 0 aromatic heterocycles. The van der Waals surface area contributed by atoms with Crippen LogP contribution in [0.25, 0.3) is 6.08 Å². The van der Waals surface area contributed by atoms with Crippen LogP contribution in [0.4, 0.5) is 0 Å². The Balaban J connectivity index is 2.12. The summed E-state index contributed by atoms with van der Waals surface area (Å²) in [5.74, 6) is 0.192. The smallest absolute Gasteiger partial charge is 0.343 e. The van der Waals surface area contributed by atoms with Gasteiger partial charge in [-0.2, -0.15) is 0 Å². The van der Waals surface area contributed by atoms with E-state index in [0.29, 0.717) is 11.3 Å². The van der Waals surface area contributed by atoms with Crippen LogP contribution < -0.4 is 4.74 Å². The fourth-order valence-electron chi connectivity index (χ4n) is 1.41. The average Bonchev–Trinajstić information content (AvgIpc) is 2.40. The van der Waals surface area contributed by atoms with E-state index in [1.807, 2.05) is 30.3 Å². The van der Waals surface area contributed by atoms with Crippen LogP contribution >= 0.6 is 0 Å². The Kier molecular flexibility index (Phi) is 3.36. The Bertz CT molecular complexity index is 512. The molecule has 0 heterocycles. The number of hydrogen-bond acceptors (Lipinski definition) is 2. The second-order valence-corrected chi connectivity index (χ2v) is 3.53. The summed E-state index contributed by atoms with van der Waals surface area (Å²) in [5, 5.41) is 0. The van der Waals surface area contributed by atoms with Crippen molar-refractivity contribution in [3.63, 3.8) is 0 Å². The minimum absolute atomic E-state index is 0.355. The standard InChI is InChI=1S/C15H12O2/c1-2-12-8-10-13(11-9-12)15(16)17-14-6-4-3-5-7-14/h2-11H,1H2. The molecule has 0 unspecified atom stereocenters. The van der Waals surface area contributed by atoms with Crippen molar-refractivity contribution < 1.29 is 9.53 Å². The minimum Gasteiger partial charge on any atom is -0.423 e. The first-order chi connectivity index (χ1) is 8.29. The summed E-state index contributed by atoms with van der Waals surface area (Å²) < 4.78 is 5.21. The predicted molar refractivity (Wildman–Crippen MR) is 67.9 cm³/mol. The summed E-state index contributed by atoms with van der Waals surface area (Å²) in [7, 11) is 0. The molecule has 84 valence electrons. The van der Waals surface area contributed by atoms with Crippen molar-refractivity contribution in [2.24, 2.45) is 0 Å². The van der Waals surface area contributed by atoms with Crippen molar-refractivity contribution in [2.75, 3.05) is 0 Å². The second kappa shape index (κ2) is 5.12. The van der Waals surface area contributed by atoms with Crippen molar-refractivity contribution in [3.8, 4) is 5.75 Å². The van der Waals surface area contributed by atoms with E-state index < -0.39 is 0 Å². The molecule has 0 saturated heterocycles. The molecule has 2 aromatic rings. The summed E-state index contributed by atoms with van der Waals surface area (Å²) in [6.45, 7) is 3.66. The van der Waals surface area contributed by atoms with E-state index in [2.05, 4.69) is 6.58 Å². The van der Waals surface area contributed by atoms with Gasteiger partial charge in [0, 0.05) is 0 Å². The van der Waals surface area contributed by atoms with Gasteiger partial charge >= 0.3 is 5.97 Å². The molecule has 0 radical (unpaired) electrons.